The van der Waals surface area contributed by atoms with Gasteiger partial charge in [-0.25, -0.2) is 10.4 Å². The van der Waals surface area contributed by atoms with Gasteiger partial charge in [-0.3, -0.25) is 14.2 Å². The van der Waals surface area contributed by atoms with Gasteiger partial charge in [-0.2, -0.15) is 5.10 Å². The predicted octanol–water partition coefficient (Wildman–Crippen LogP) is 4.32. The lowest BCUT2D eigenvalue weighted by molar-refractivity contribution is -0.121. The molecule has 1 amide bonds. The van der Waals surface area contributed by atoms with E-state index in [0.29, 0.717) is 29.4 Å². The number of hydrogen-bond acceptors (Lipinski definition) is 7. The molecule has 1 aliphatic carbocycles. The number of carbonyl (C=O) groups excluding carboxylic acids is 1. The fourth-order valence-electron chi connectivity index (χ4n) is 4.47. The lowest BCUT2D eigenvalue weighted by Gasteiger charge is -2.17. The number of amides is 1. The number of fused-ring (bicyclic) bond motifs is 3. The predicted molar refractivity (Wildman–Crippen MR) is 145 cm³/mol. The number of hydrazone groups is 1. The average molecular weight is 517 g/mol. The van der Waals surface area contributed by atoms with Crippen LogP contribution in [0.1, 0.15) is 34.9 Å². The van der Waals surface area contributed by atoms with Crippen LogP contribution in [0.25, 0.3) is 10.2 Å². The molecule has 0 saturated carbocycles. The number of hydrogen-bond donors (Lipinski definition) is 1. The van der Waals surface area contributed by atoms with Gasteiger partial charge in [0.25, 0.3) is 11.5 Å². The Balaban J connectivity index is 1.22. The molecule has 2 aromatic heterocycles. The zero-order valence-electron chi connectivity index (χ0n) is 20.8. The number of aryl methyl sites for hydroxylation is 1. The molecular formula is C28H28N4O4S. The van der Waals surface area contributed by atoms with Crippen LogP contribution in [-0.2, 0) is 30.8 Å². The number of carbonyl (C=O) groups is 1. The van der Waals surface area contributed by atoms with Crippen molar-refractivity contribution in [1.82, 2.24) is 15.0 Å². The Morgan fingerprint density at radius 1 is 1.24 bits per heavy atom. The van der Waals surface area contributed by atoms with Crippen molar-refractivity contribution in [2.75, 3.05) is 7.11 Å². The van der Waals surface area contributed by atoms with Crippen LogP contribution in [0.5, 0.6) is 11.5 Å². The molecular weight excluding hydrogens is 488 g/mol. The Morgan fingerprint density at radius 2 is 2.08 bits per heavy atom. The number of thiophene rings is 1. The van der Waals surface area contributed by atoms with Crippen LogP contribution >= 0.6 is 11.3 Å². The standard InChI is InChI=1S/C28H28N4O4S/c1-18-8-10-21-24(12-18)37-27-26(21)28(34)32(17-29-27)15-25(33)31-30-14-20-9-11-22(23(13-20)35-2)36-16-19-6-4-3-5-7-19/h3-7,9,11,13-14,17-18H,8,10,12,15-16H2,1-2H3,(H,31,33)/b30-14+. The van der Waals surface area contributed by atoms with Crippen LogP contribution in [0.4, 0.5) is 0 Å². The molecule has 1 aliphatic rings. The summed E-state index contributed by atoms with van der Waals surface area (Å²) >= 11 is 1.59. The molecule has 1 atom stereocenters. The molecule has 9 heteroatoms. The van der Waals surface area contributed by atoms with Crippen molar-refractivity contribution in [3.05, 3.63) is 86.8 Å². The van der Waals surface area contributed by atoms with Gasteiger partial charge in [0.05, 0.1) is 25.0 Å². The number of nitrogens with one attached hydrogen (secondary N) is 1. The molecule has 8 nitrogen and oxygen atoms in total. The van der Waals surface area contributed by atoms with Crippen molar-refractivity contribution in [1.29, 1.82) is 0 Å². The summed E-state index contributed by atoms with van der Waals surface area (Å²) in [7, 11) is 1.57. The number of ether oxygens (including phenoxy) is 2. The van der Waals surface area contributed by atoms with Crippen LogP contribution in [0.2, 0.25) is 0 Å². The highest BCUT2D eigenvalue weighted by Gasteiger charge is 2.23. The summed E-state index contributed by atoms with van der Waals surface area (Å²) in [4.78, 5) is 32.1. The Hall–Kier alpha value is -3.98. The normalized spacial score (nSPS) is 15.0. The first-order valence-electron chi connectivity index (χ1n) is 12.2. The quantitative estimate of drug-likeness (QED) is 0.278. The molecule has 1 unspecified atom stereocenters. The molecule has 0 fully saturated rings. The van der Waals surface area contributed by atoms with Crippen LogP contribution in [-0.4, -0.2) is 28.8 Å². The first-order valence-corrected chi connectivity index (χ1v) is 13.0. The van der Waals surface area contributed by atoms with Crippen molar-refractivity contribution in [3.63, 3.8) is 0 Å². The smallest absolute Gasteiger partial charge is 0.262 e. The summed E-state index contributed by atoms with van der Waals surface area (Å²) < 4.78 is 12.7. The van der Waals surface area contributed by atoms with E-state index in [0.717, 1.165) is 40.8 Å². The number of methoxy groups -OCH3 is 1. The summed E-state index contributed by atoms with van der Waals surface area (Å²) in [5.74, 6) is 1.38. The zero-order valence-corrected chi connectivity index (χ0v) is 21.6. The second-order valence-corrected chi connectivity index (χ2v) is 10.3. The second kappa shape index (κ2) is 11.0. The molecule has 1 N–H and O–H groups in total. The van der Waals surface area contributed by atoms with E-state index in [1.165, 1.54) is 22.0 Å². The maximum atomic E-state index is 13.1. The van der Waals surface area contributed by atoms with E-state index >= 15 is 0 Å². The number of rotatable bonds is 8. The largest absolute Gasteiger partial charge is 0.493 e. The van der Waals surface area contributed by atoms with Gasteiger partial charge in [0.15, 0.2) is 11.5 Å². The van der Waals surface area contributed by atoms with Crippen LogP contribution in [0.15, 0.2) is 64.8 Å². The van der Waals surface area contributed by atoms with Crippen LogP contribution in [0.3, 0.4) is 0 Å². The Kier molecular flexibility index (Phi) is 7.32. The molecule has 5 rings (SSSR count). The Morgan fingerprint density at radius 3 is 2.89 bits per heavy atom. The molecule has 0 radical (unpaired) electrons. The molecule has 37 heavy (non-hydrogen) atoms. The molecule has 0 spiro atoms. The maximum absolute atomic E-state index is 13.1. The summed E-state index contributed by atoms with van der Waals surface area (Å²) in [6, 6.07) is 15.3. The van der Waals surface area contributed by atoms with E-state index in [2.05, 4.69) is 22.4 Å². The highest BCUT2D eigenvalue weighted by atomic mass is 32.1. The fourth-order valence-corrected chi connectivity index (χ4v) is 5.81. The van der Waals surface area contributed by atoms with E-state index in [-0.39, 0.29) is 12.1 Å². The van der Waals surface area contributed by atoms with Crippen molar-refractivity contribution in [2.45, 2.75) is 39.3 Å². The molecule has 4 aromatic rings. The lowest BCUT2D eigenvalue weighted by Crippen LogP contribution is -2.30. The van der Waals surface area contributed by atoms with Gasteiger partial charge in [-0.05, 0) is 60.1 Å². The maximum Gasteiger partial charge on any atom is 0.262 e. The van der Waals surface area contributed by atoms with Gasteiger partial charge in [0, 0.05) is 4.88 Å². The SMILES string of the molecule is COc1cc(/C=N/NC(=O)Cn2cnc3sc4c(c3c2=O)CCC(C)C4)ccc1OCc1ccccc1. The fraction of sp³-hybridized carbons (Fsp3) is 0.286. The monoisotopic (exact) mass is 516 g/mol. The third kappa shape index (κ3) is 5.56. The van der Waals surface area contributed by atoms with Gasteiger partial charge >= 0.3 is 0 Å². The third-order valence-electron chi connectivity index (χ3n) is 6.42. The highest BCUT2D eigenvalue weighted by Crippen LogP contribution is 2.35. The lowest BCUT2D eigenvalue weighted by atomic mass is 9.89. The van der Waals surface area contributed by atoms with Gasteiger partial charge < -0.3 is 9.47 Å². The number of nitrogens with zero attached hydrogens (tertiary/aromatic N) is 3. The first-order chi connectivity index (χ1) is 18.0. The van der Waals surface area contributed by atoms with Gasteiger partial charge in [0.2, 0.25) is 0 Å². The first kappa shape index (κ1) is 24.7. The van der Waals surface area contributed by atoms with Crippen molar-refractivity contribution in [2.24, 2.45) is 11.0 Å². The third-order valence-corrected chi connectivity index (χ3v) is 7.59. The van der Waals surface area contributed by atoms with Crippen molar-refractivity contribution >= 4 is 33.7 Å². The molecule has 0 saturated heterocycles. The van der Waals surface area contributed by atoms with E-state index in [1.807, 2.05) is 36.4 Å². The van der Waals surface area contributed by atoms with E-state index in [4.69, 9.17) is 9.47 Å². The summed E-state index contributed by atoms with van der Waals surface area (Å²) in [5.41, 5.74) is 5.20. The second-order valence-electron chi connectivity index (χ2n) is 9.19. The summed E-state index contributed by atoms with van der Waals surface area (Å²) in [6.07, 6.45) is 5.89. The van der Waals surface area contributed by atoms with Crippen LogP contribution < -0.4 is 20.5 Å². The van der Waals surface area contributed by atoms with Crippen molar-refractivity contribution < 1.29 is 14.3 Å². The molecule has 2 aromatic carbocycles. The summed E-state index contributed by atoms with van der Waals surface area (Å²) in [6.45, 7) is 2.50. The average Bonchev–Trinajstić information content (AvgIpc) is 3.28. The Labute approximate surface area is 218 Å². The van der Waals surface area contributed by atoms with Gasteiger partial charge in [-0.15, -0.1) is 11.3 Å². The van der Waals surface area contributed by atoms with Crippen LogP contribution in [0, 0.1) is 5.92 Å². The molecule has 190 valence electrons. The van der Waals surface area contributed by atoms with E-state index < -0.39 is 5.91 Å². The Bertz CT molecular complexity index is 1510. The minimum atomic E-state index is -0.410. The van der Waals surface area contributed by atoms with E-state index in [1.54, 1.807) is 30.6 Å². The minimum absolute atomic E-state index is 0.157. The molecule has 0 bridgehead atoms. The molecule has 0 aliphatic heterocycles. The zero-order chi connectivity index (χ0) is 25.8. The number of benzene rings is 2. The van der Waals surface area contributed by atoms with Crippen molar-refractivity contribution in [3.8, 4) is 11.5 Å². The minimum Gasteiger partial charge on any atom is -0.493 e. The highest BCUT2D eigenvalue weighted by molar-refractivity contribution is 7.18. The van der Waals surface area contributed by atoms with Gasteiger partial charge in [0.1, 0.15) is 18.0 Å². The topological polar surface area (TPSA) is 94.8 Å². The molecule has 2 heterocycles. The van der Waals surface area contributed by atoms with Gasteiger partial charge in [-0.1, -0.05) is 37.3 Å². The summed E-state index contributed by atoms with van der Waals surface area (Å²) in [5, 5.41) is 4.70. The number of aromatic nitrogens is 2. The van der Waals surface area contributed by atoms with E-state index in [9.17, 15) is 9.59 Å².